The van der Waals surface area contributed by atoms with Gasteiger partial charge in [-0.25, -0.2) is 0 Å². The molecule has 7 heteroatoms. The fourth-order valence-electron chi connectivity index (χ4n) is 5.97. The molecule has 2 heterocycles. The van der Waals surface area contributed by atoms with Gasteiger partial charge in [0.1, 0.15) is 0 Å². The Kier molecular flexibility index (Phi) is 8.86. The molecule has 7 nitrogen and oxygen atoms in total. The van der Waals surface area contributed by atoms with Crippen LogP contribution in [0.4, 0.5) is 0 Å². The van der Waals surface area contributed by atoms with Crippen LogP contribution >= 0.6 is 0 Å². The van der Waals surface area contributed by atoms with Gasteiger partial charge in [-0.05, 0) is 67.6 Å². The van der Waals surface area contributed by atoms with E-state index in [1.807, 2.05) is 44.2 Å². The van der Waals surface area contributed by atoms with E-state index in [2.05, 4.69) is 11.5 Å². The largest absolute Gasteiger partial charge is 0.465 e. The van der Waals surface area contributed by atoms with Crippen molar-refractivity contribution < 1.29 is 19.1 Å². The first-order valence-electron chi connectivity index (χ1n) is 15.0. The number of benzene rings is 3. The zero-order chi connectivity index (χ0) is 29.8. The van der Waals surface area contributed by atoms with Gasteiger partial charge >= 0.3 is 5.97 Å². The summed E-state index contributed by atoms with van der Waals surface area (Å²) < 4.78 is 7.63. The summed E-state index contributed by atoms with van der Waals surface area (Å²) >= 11 is 0. The standard InChI is InChI=1S/C35H38N2O5/c1-4-5-6-7-10-21-42-30(38)22-25-13-11-16-29-31(25)33(39)28-18-17-23(2)24(3)32(28)36(29)19-12-20-37-34(40)26-14-8-9-15-27(26)35(37)41/h8-9,11,13-18H,4-7,10,12,19-22H2,1-3H3. The number of pyridine rings is 1. The van der Waals surface area contributed by atoms with Gasteiger partial charge in [0.05, 0.1) is 40.6 Å². The number of hydrogen-bond acceptors (Lipinski definition) is 5. The first kappa shape index (κ1) is 29.2. The van der Waals surface area contributed by atoms with E-state index in [9.17, 15) is 19.2 Å². The van der Waals surface area contributed by atoms with Crippen LogP contribution in [0.3, 0.4) is 0 Å². The predicted octanol–water partition coefficient (Wildman–Crippen LogP) is 6.51. The van der Waals surface area contributed by atoms with Crippen LogP contribution < -0.4 is 5.43 Å². The third kappa shape index (κ3) is 5.60. The Bertz CT molecular complexity index is 1700. The van der Waals surface area contributed by atoms with Gasteiger partial charge in [-0.1, -0.05) is 62.9 Å². The molecule has 0 spiro atoms. The zero-order valence-corrected chi connectivity index (χ0v) is 24.7. The van der Waals surface area contributed by atoms with Gasteiger partial charge in [0, 0.05) is 18.5 Å². The molecule has 0 atom stereocenters. The molecule has 0 aliphatic carbocycles. The summed E-state index contributed by atoms with van der Waals surface area (Å²) in [7, 11) is 0. The van der Waals surface area contributed by atoms with E-state index >= 15 is 0 Å². The van der Waals surface area contributed by atoms with Crippen molar-refractivity contribution in [2.45, 2.75) is 72.3 Å². The molecule has 1 aromatic heterocycles. The first-order chi connectivity index (χ1) is 20.3. The van der Waals surface area contributed by atoms with Crippen molar-refractivity contribution in [1.82, 2.24) is 9.47 Å². The zero-order valence-electron chi connectivity index (χ0n) is 24.7. The topological polar surface area (TPSA) is 85.7 Å². The summed E-state index contributed by atoms with van der Waals surface area (Å²) in [5.74, 6) is -0.887. The van der Waals surface area contributed by atoms with Crippen molar-refractivity contribution >= 4 is 39.6 Å². The molecule has 218 valence electrons. The van der Waals surface area contributed by atoms with E-state index in [0.29, 0.717) is 47.0 Å². The number of nitrogens with zero attached hydrogens (tertiary/aromatic N) is 2. The summed E-state index contributed by atoms with van der Waals surface area (Å²) in [4.78, 5) is 53.8. The summed E-state index contributed by atoms with van der Waals surface area (Å²) in [6, 6.07) is 16.3. The molecule has 4 aromatic rings. The van der Waals surface area contributed by atoms with Crippen molar-refractivity contribution in [3.05, 3.63) is 92.6 Å². The van der Waals surface area contributed by atoms with Gasteiger partial charge in [-0.15, -0.1) is 0 Å². The number of hydrogen-bond donors (Lipinski definition) is 0. The molecule has 0 unspecified atom stereocenters. The van der Waals surface area contributed by atoms with Crippen molar-refractivity contribution in [2.24, 2.45) is 0 Å². The SMILES string of the molecule is CCCCCCCOC(=O)Cc1cccc2c1c(=O)c1ccc(C)c(C)c1n2CCCN1C(=O)c2ccccc2C1=O. The molecule has 1 aliphatic rings. The number of carbonyl (C=O) groups is 3. The Labute approximate surface area is 246 Å². The quantitative estimate of drug-likeness (QED) is 0.0844. The number of aromatic nitrogens is 1. The molecule has 0 saturated carbocycles. The van der Waals surface area contributed by atoms with Crippen LogP contribution in [-0.2, 0) is 22.5 Å². The first-order valence-corrected chi connectivity index (χ1v) is 15.0. The number of fused-ring (bicyclic) bond motifs is 3. The Hall–Kier alpha value is -4.26. The van der Waals surface area contributed by atoms with Crippen LogP contribution in [-0.4, -0.2) is 40.4 Å². The highest BCUT2D eigenvalue weighted by atomic mass is 16.5. The second-order valence-electron chi connectivity index (χ2n) is 11.2. The summed E-state index contributed by atoms with van der Waals surface area (Å²) in [6.07, 6.45) is 5.88. The van der Waals surface area contributed by atoms with Crippen LogP contribution in [0.5, 0.6) is 0 Å². The van der Waals surface area contributed by atoms with Gasteiger partial charge in [0.25, 0.3) is 11.8 Å². The van der Waals surface area contributed by atoms with Crippen molar-refractivity contribution in [3.8, 4) is 0 Å². The lowest BCUT2D eigenvalue weighted by Crippen LogP contribution is -2.31. The van der Waals surface area contributed by atoms with Gasteiger partial charge in [0.2, 0.25) is 0 Å². The number of unbranched alkanes of at least 4 members (excludes halogenated alkanes) is 4. The molecule has 0 saturated heterocycles. The minimum absolute atomic E-state index is 0.0208. The fourth-order valence-corrected chi connectivity index (χ4v) is 5.97. The lowest BCUT2D eigenvalue weighted by molar-refractivity contribution is -0.142. The maximum atomic E-state index is 13.9. The number of imide groups is 1. The van der Waals surface area contributed by atoms with E-state index in [1.54, 1.807) is 24.3 Å². The smallest absolute Gasteiger partial charge is 0.310 e. The Morgan fingerprint density at radius 3 is 2.21 bits per heavy atom. The summed E-state index contributed by atoms with van der Waals surface area (Å²) in [5, 5.41) is 1.09. The molecule has 0 radical (unpaired) electrons. The number of rotatable bonds is 12. The maximum absolute atomic E-state index is 13.9. The van der Waals surface area contributed by atoms with Crippen LogP contribution in [0.25, 0.3) is 21.8 Å². The maximum Gasteiger partial charge on any atom is 0.310 e. The average Bonchev–Trinajstić information content (AvgIpc) is 3.23. The van der Waals surface area contributed by atoms with Crippen LogP contribution in [0.15, 0.2) is 59.4 Å². The highest BCUT2D eigenvalue weighted by Crippen LogP contribution is 2.28. The van der Waals surface area contributed by atoms with Crippen LogP contribution in [0.1, 0.15) is 82.9 Å². The Balaban J connectivity index is 1.44. The molecule has 3 aromatic carbocycles. The normalized spacial score (nSPS) is 12.9. The van der Waals surface area contributed by atoms with Crippen molar-refractivity contribution in [1.29, 1.82) is 0 Å². The van der Waals surface area contributed by atoms with Crippen molar-refractivity contribution in [2.75, 3.05) is 13.2 Å². The number of aryl methyl sites for hydroxylation is 3. The lowest BCUT2D eigenvalue weighted by Gasteiger charge is -2.20. The van der Waals surface area contributed by atoms with Crippen LogP contribution in [0.2, 0.25) is 0 Å². The molecule has 0 N–H and O–H groups in total. The molecule has 5 rings (SSSR count). The predicted molar refractivity (Wildman–Crippen MR) is 165 cm³/mol. The molecular weight excluding hydrogens is 528 g/mol. The van der Waals surface area contributed by atoms with E-state index in [4.69, 9.17) is 4.74 Å². The van der Waals surface area contributed by atoms with E-state index in [-0.39, 0.29) is 36.2 Å². The molecule has 0 fully saturated rings. The highest BCUT2D eigenvalue weighted by Gasteiger charge is 2.34. The van der Waals surface area contributed by atoms with E-state index < -0.39 is 0 Å². The average molecular weight is 567 g/mol. The third-order valence-electron chi connectivity index (χ3n) is 8.35. The van der Waals surface area contributed by atoms with Crippen molar-refractivity contribution in [3.63, 3.8) is 0 Å². The number of esters is 1. The second kappa shape index (κ2) is 12.7. The second-order valence-corrected chi connectivity index (χ2v) is 11.2. The molecule has 0 bridgehead atoms. The fraction of sp³-hybridized carbons (Fsp3) is 0.371. The number of ether oxygens (including phenoxy) is 1. The monoisotopic (exact) mass is 566 g/mol. The highest BCUT2D eigenvalue weighted by molar-refractivity contribution is 6.21. The molecular formula is C35H38N2O5. The van der Waals surface area contributed by atoms with Gasteiger partial charge in [-0.3, -0.25) is 24.1 Å². The minimum Gasteiger partial charge on any atom is -0.465 e. The van der Waals surface area contributed by atoms with Gasteiger partial charge in [-0.2, -0.15) is 0 Å². The number of amides is 2. The van der Waals surface area contributed by atoms with E-state index in [0.717, 1.165) is 47.8 Å². The Morgan fingerprint density at radius 1 is 0.786 bits per heavy atom. The third-order valence-corrected chi connectivity index (χ3v) is 8.35. The number of carbonyl (C=O) groups excluding carboxylic acids is 3. The lowest BCUT2D eigenvalue weighted by atomic mass is 9.98. The molecule has 42 heavy (non-hydrogen) atoms. The van der Waals surface area contributed by atoms with Gasteiger partial charge in [0.15, 0.2) is 5.43 Å². The molecule has 2 amide bonds. The summed E-state index contributed by atoms with van der Waals surface area (Å²) in [5.41, 5.74) is 5.03. The summed E-state index contributed by atoms with van der Waals surface area (Å²) in [6.45, 7) is 7.31. The minimum atomic E-state index is -0.338. The van der Waals surface area contributed by atoms with Crippen LogP contribution in [0, 0.1) is 13.8 Å². The van der Waals surface area contributed by atoms with E-state index in [1.165, 1.54) is 11.3 Å². The van der Waals surface area contributed by atoms with Gasteiger partial charge < -0.3 is 9.30 Å². The Morgan fingerprint density at radius 2 is 1.50 bits per heavy atom. The molecule has 1 aliphatic heterocycles.